The summed E-state index contributed by atoms with van der Waals surface area (Å²) in [6.45, 7) is 3.52. The summed E-state index contributed by atoms with van der Waals surface area (Å²) in [6, 6.07) is 6.69. The highest BCUT2D eigenvalue weighted by Gasteiger charge is 2.17. The summed E-state index contributed by atoms with van der Waals surface area (Å²) in [5.41, 5.74) is 0.526. The lowest BCUT2D eigenvalue weighted by Gasteiger charge is -2.12. The monoisotopic (exact) mass is 349 g/mol. The van der Waals surface area contributed by atoms with E-state index in [-0.39, 0.29) is 18.0 Å². The predicted molar refractivity (Wildman–Crippen MR) is 91.2 cm³/mol. The first-order valence-electron chi connectivity index (χ1n) is 6.76. The van der Waals surface area contributed by atoms with Crippen molar-refractivity contribution in [3.8, 4) is 11.9 Å². The van der Waals surface area contributed by atoms with Crippen molar-refractivity contribution in [1.29, 1.82) is 5.26 Å². The highest BCUT2D eigenvalue weighted by Crippen LogP contribution is 2.29. The van der Waals surface area contributed by atoms with Gasteiger partial charge in [-0.2, -0.15) is 5.26 Å². The van der Waals surface area contributed by atoms with Gasteiger partial charge in [-0.3, -0.25) is 14.4 Å². The smallest absolute Gasteiger partial charge is 0.271 e. The van der Waals surface area contributed by atoms with Gasteiger partial charge in [0, 0.05) is 17.8 Å². The molecule has 0 atom stereocenters. The molecule has 23 heavy (non-hydrogen) atoms. The van der Waals surface area contributed by atoms with Gasteiger partial charge in [0.05, 0.1) is 16.3 Å². The fraction of sp³-hybridized carbons (Fsp3) is 0.188. The van der Waals surface area contributed by atoms with Gasteiger partial charge in [-0.25, -0.2) is 0 Å². The molecule has 5 nitrogen and oxygen atoms in total. The van der Waals surface area contributed by atoms with Crippen LogP contribution < -0.4 is 5.56 Å². The molecule has 118 valence electrons. The Kier molecular flexibility index (Phi) is 5.09. The molecule has 0 fully saturated rings. The van der Waals surface area contributed by atoms with Crippen LogP contribution in [0, 0.1) is 18.3 Å². The zero-order chi connectivity index (χ0) is 17.1. The number of aromatic hydroxyl groups is 1. The van der Waals surface area contributed by atoms with Crippen LogP contribution in [0.25, 0.3) is 0 Å². The summed E-state index contributed by atoms with van der Waals surface area (Å²) in [7, 11) is 0. The van der Waals surface area contributed by atoms with Crippen molar-refractivity contribution in [3.63, 3.8) is 0 Å². The first-order chi connectivity index (χ1) is 10.9. The standard InChI is InChI=1S/C16H13Cl2N3O2/c1-3-21-15(22)11(7-19)9(2)12(16(21)23)8-20-14-6-10(17)4-5-13(14)18/h4-6,8,23H,3H2,1-2H3. The van der Waals surface area contributed by atoms with Gasteiger partial charge in [0.2, 0.25) is 5.88 Å². The number of aromatic nitrogens is 1. The molecule has 0 unspecified atom stereocenters. The Morgan fingerprint density at radius 1 is 1.43 bits per heavy atom. The normalized spacial score (nSPS) is 10.9. The number of rotatable bonds is 3. The fourth-order valence-corrected chi connectivity index (χ4v) is 2.47. The third-order valence-electron chi connectivity index (χ3n) is 3.40. The highest BCUT2D eigenvalue weighted by molar-refractivity contribution is 6.35. The van der Waals surface area contributed by atoms with E-state index in [0.29, 0.717) is 26.9 Å². The largest absolute Gasteiger partial charge is 0.494 e. The summed E-state index contributed by atoms with van der Waals surface area (Å²) in [5.74, 6) is -0.240. The summed E-state index contributed by atoms with van der Waals surface area (Å²) < 4.78 is 1.12. The molecule has 0 aliphatic heterocycles. The molecular formula is C16H13Cl2N3O2. The predicted octanol–water partition coefficient (Wildman–Crippen LogP) is 3.81. The number of nitrogens with zero attached hydrogens (tertiary/aromatic N) is 3. The lowest BCUT2D eigenvalue weighted by atomic mass is 10.1. The maximum absolute atomic E-state index is 12.1. The number of benzene rings is 1. The number of hydrogen-bond donors (Lipinski definition) is 1. The Morgan fingerprint density at radius 3 is 2.74 bits per heavy atom. The quantitative estimate of drug-likeness (QED) is 0.855. The van der Waals surface area contributed by atoms with E-state index in [2.05, 4.69) is 4.99 Å². The van der Waals surface area contributed by atoms with E-state index >= 15 is 0 Å². The molecule has 0 aliphatic rings. The van der Waals surface area contributed by atoms with Gasteiger partial charge in [-0.05, 0) is 37.6 Å². The van der Waals surface area contributed by atoms with E-state index < -0.39 is 5.56 Å². The van der Waals surface area contributed by atoms with Crippen LogP contribution in [0.2, 0.25) is 10.0 Å². The van der Waals surface area contributed by atoms with Gasteiger partial charge in [0.25, 0.3) is 5.56 Å². The van der Waals surface area contributed by atoms with E-state index in [9.17, 15) is 15.2 Å². The van der Waals surface area contributed by atoms with Crippen LogP contribution >= 0.6 is 23.2 Å². The van der Waals surface area contributed by atoms with Crippen LogP contribution in [0.3, 0.4) is 0 Å². The minimum absolute atomic E-state index is 0.0247. The van der Waals surface area contributed by atoms with Crippen LogP contribution in [0.15, 0.2) is 28.0 Å². The minimum Gasteiger partial charge on any atom is -0.494 e. The lowest BCUT2D eigenvalue weighted by molar-refractivity contribution is 0.409. The Morgan fingerprint density at radius 2 is 2.13 bits per heavy atom. The van der Waals surface area contributed by atoms with Gasteiger partial charge in [0.15, 0.2) is 0 Å². The number of hydrogen-bond acceptors (Lipinski definition) is 4. The summed E-state index contributed by atoms with van der Waals surface area (Å²) in [4.78, 5) is 16.3. The van der Waals surface area contributed by atoms with E-state index in [0.717, 1.165) is 4.57 Å². The molecule has 2 rings (SSSR count). The Bertz CT molecular complexity index is 896. The maximum Gasteiger partial charge on any atom is 0.271 e. The third-order valence-corrected chi connectivity index (χ3v) is 3.96. The van der Waals surface area contributed by atoms with Crippen molar-refractivity contribution < 1.29 is 5.11 Å². The van der Waals surface area contributed by atoms with Crippen molar-refractivity contribution in [2.45, 2.75) is 20.4 Å². The Balaban J connectivity index is 2.65. The Labute approximate surface area is 143 Å². The molecule has 0 bridgehead atoms. The molecule has 2 aromatic rings. The molecule has 1 N–H and O–H groups in total. The first kappa shape index (κ1) is 17.1. The number of aliphatic imine (C=N–C) groups is 1. The molecule has 1 aromatic carbocycles. The Hall–Kier alpha value is -2.29. The molecule has 0 spiro atoms. The van der Waals surface area contributed by atoms with Crippen LogP contribution in [-0.4, -0.2) is 15.9 Å². The lowest BCUT2D eigenvalue weighted by Crippen LogP contribution is -2.24. The summed E-state index contributed by atoms with van der Waals surface area (Å²) in [5, 5.41) is 20.3. The van der Waals surface area contributed by atoms with Crippen molar-refractivity contribution in [2.24, 2.45) is 4.99 Å². The van der Waals surface area contributed by atoms with E-state index in [4.69, 9.17) is 23.2 Å². The van der Waals surface area contributed by atoms with Crippen LogP contribution in [0.4, 0.5) is 5.69 Å². The van der Waals surface area contributed by atoms with Crippen LogP contribution in [0.1, 0.15) is 23.6 Å². The zero-order valence-electron chi connectivity index (χ0n) is 12.5. The van der Waals surface area contributed by atoms with Gasteiger partial charge < -0.3 is 5.11 Å². The molecule has 0 amide bonds. The van der Waals surface area contributed by atoms with Crippen LogP contribution in [-0.2, 0) is 6.54 Å². The average Bonchev–Trinajstić information content (AvgIpc) is 2.51. The van der Waals surface area contributed by atoms with Gasteiger partial charge >= 0.3 is 0 Å². The second kappa shape index (κ2) is 6.86. The SMILES string of the molecule is CCn1c(O)c(C=Nc2cc(Cl)ccc2Cl)c(C)c(C#N)c1=O. The van der Waals surface area contributed by atoms with E-state index in [1.165, 1.54) is 6.21 Å². The van der Waals surface area contributed by atoms with Crippen molar-refractivity contribution in [3.05, 3.63) is 55.3 Å². The van der Waals surface area contributed by atoms with Gasteiger partial charge in [-0.15, -0.1) is 0 Å². The number of nitriles is 1. The van der Waals surface area contributed by atoms with Crippen molar-refractivity contribution in [2.75, 3.05) is 0 Å². The molecule has 0 radical (unpaired) electrons. The molecule has 1 heterocycles. The molecule has 0 saturated carbocycles. The van der Waals surface area contributed by atoms with E-state index in [1.807, 2.05) is 6.07 Å². The number of pyridine rings is 1. The summed E-state index contributed by atoms with van der Waals surface area (Å²) in [6.07, 6.45) is 1.37. The second-order valence-corrected chi connectivity index (χ2v) is 5.60. The van der Waals surface area contributed by atoms with Crippen LogP contribution in [0.5, 0.6) is 5.88 Å². The zero-order valence-corrected chi connectivity index (χ0v) is 14.0. The van der Waals surface area contributed by atoms with Crippen molar-refractivity contribution >= 4 is 35.1 Å². The average molecular weight is 350 g/mol. The maximum atomic E-state index is 12.1. The second-order valence-electron chi connectivity index (χ2n) is 4.75. The molecular weight excluding hydrogens is 337 g/mol. The molecule has 0 saturated heterocycles. The fourth-order valence-electron chi connectivity index (χ4n) is 2.14. The minimum atomic E-state index is -0.525. The van der Waals surface area contributed by atoms with Gasteiger partial charge in [-0.1, -0.05) is 23.2 Å². The third kappa shape index (κ3) is 3.24. The van der Waals surface area contributed by atoms with Gasteiger partial charge in [0.1, 0.15) is 11.6 Å². The van der Waals surface area contributed by atoms with E-state index in [1.54, 1.807) is 32.0 Å². The molecule has 0 aliphatic carbocycles. The van der Waals surface area contributed by atoms with Crippen molar-refractivity contribution in [1.82, 2.24) is 4.57 Å². The summed E-state index contributed by atoms with van der Waals surface area (Å²) >= 11 is 11.9. The number of halogens is 2. The highest BCUT2D eigenvalue weighted by atomic mass is 35.5. The first-order valence-corrected chi connectivity index (χ1v) is 7.51. The topological polar surface area (TPSA) is 78.4 Å². The molecule has 7 heteroatoms. The molecule has 1 aromatic heterocycles.